The van der Waals surface area contributed by atoms with Gasteiger partial charge in [0.05, 0.1) is 5.02 Å². The lowest BCUT2D eigenvalue weighted by molar-refractivity contribution is 0.174. The third-order valence-electron chi connectivity index (χ3n) is 3.80. The van der Waals surface area contributed by atoms with Crippen molar-refractivity contribution >= 4 is 23.4 Å². The van der Waals surface area contributed by atoms with Gasteiger partial charge in [0.15, 0.2) is 11.5 Å². The molecule has 1 heterocycles. The van der Waals surface area contributed by atoms with Crippen LogP contribution in [0.25, 0.3) is 0 Å². The summed E-state index contributed by atoms with van der Waals surface area (Å²) in [6, 6.07) is 4.60. The van der Waals surface area contributed by atoms with Crippen molar-refractivity contribution in [3.05, 3.63) is 22.7 Å². The summed E-state index contributed by atoms with van der Waals surface area (Å²) in [5.74, 6) is 1.44. The van der Waals surface area contributed by atoms with E-state index in [1.165, 1.54) is 19.3 Å². The number of benzene rings is 1. The summed E-state index contributed by atoms with van der Waals surface area (Å²) in [6.45, 7) is 1.10. The average molecular weight is 300 g/mol. The SMILES string of the molecule is CSC1CCC(NCc2cc(Cl)c3c(c2)OCO3)C1. The molecule has 0 amide bonds. The van der Waals surface area contributed by atoms with Crippen LogP contribution in [0.15, 0.2) is 12.1 Å². The van der Waals surface area contributed by atoms with Crippen molar-refractivity contribution in [2.24, 2.45) is 0 Å². The molecule has 1 N–H and O–H groups in total. The van der Waals surface area contributed by atoms with E-state index >= 15 is 0 Å². The zero-order valence-electron chi connectivity index (χ0n) is 10.9. The standard InChI is InChI=1S/C14H18ClNO2S/c1-19-11-3-2-10(6-11)16-7-9-4-12(15)14-13(5-9)17-8-18-14/h4-5,10-11,16H,2-3,6-8H2,1H3. The maximum Gasteiger partial charge on any atom is 0.231 e. The molecule has 3 rings (SSSR count). The molecule has 3 nitrogen and oxygen atoms in total. The van der Waals surface area contributed by atoms with Crippen molar-refractivity contribution < 1.29 is 9.47 Å². The number of hydrogen-bond donors (Lipinski definition) is 1. The van der Waals surface area contributed by atoms with Crippen molar-refractivity contribution in [1.82, 2.24) is 5.32 Å². The van der Waals surface area contributed by atoms with Crippen LogP contribution >= 0.6 is 23.4 Å². The largest absolute Gasteiger partial charge is 0.454 e. The van der Waals surface area contributed by atoms with Crippen LogP contribution in [0.4, 0.5) is 0 Å². The molecule has 0 bridgehead atoms. The lowest BCUT2D eigenvalue weighted by Gasteiger charge is -2.13. The fourth-order valence-corrected chi connectivity index (χ4v) is 3.81. The second-order valence-corrected chi connectivity index (χ2v) is 6.61. The first-order valence-electron chi connectivity index (χ1n) is 6.60. The third-order valence-corrected chi connectivity index (χ3v) is 5.18. The second-order valence-electron chi connectivity index (χ2n) is 5.06. The molecule has 0 saturated heterocycles. The smallest absolute Gasteiger partial charge is 0.231 e. The number of halogens is 1. The van der Waals surface area contributed by atoms with E-state index in [9.17, 15) is 0 Å². The Labute approximate surface area is 123 Å². The fourth-order valence-electron chi connectivity index (χ4n) is 2.72. The minimum atomic E-state index is 0.268. The Morgan fingerprint density at radius 3 is 3.05 bits per heavy atom. The van der Waals surface area contributed by atoms with Crippen molar-refractivity contribution in [2.45, 2.75) is 37.1 Å². The summed E-state index contributed by atoms with van der Waals surface area (Å²) in [7, 11) is 0. The Bertz CT molecular complexity index is 469. The first kappa shape index (κ1) is 13.4. The molecule has 2 aliphatic rings. The normalized spacial score (nSPS) is 24.9. The van der Waals surface area contributed by atoms with E-state index in [-0.39, 0.29) is 6.79 Å². The highest BCUT2D eigenvalue weighted by Crippen LogP contribution is 2.39. The van der Waals surface area contributed by atoms with Gasteiger partial charge in [-0.2, -0.15) is 11.8 Å². The molecule has 0 aromatic heterocycles. The van der Waals surface area contributed by atoms with E-state index in [2.05, 4.69) is 11.6 Å². The molecule has 2 unspecified atom stereocenters. The molecule has 1 aliphatic heterocycles. The quantitative estimate of drug-likeness (QED) is 0.922. The number of nitrogens with one attached hydrogen (secondary N) is 1. The van der Waals surface area contributed by atoms with E-state index < -0.39 is 0 Å². The molecule has 2 atom stereocenters. The molecule has 0 radical (unpaired) electrons. The predicted octanol–water partition coefficient (Wildman–Crippen LogP) is 3.44. The van der Waals surface area contributed by atoms with Gasteiger partial charge in [-0.1, -0.05) is 11.6 Å². The molecular weight excluding hydrogens is 282 g/mol. The molecule has 1 aromatic rings. The van der Waals surface area contributed by atoms with Crippen LogP contribution in [-0.2, 0) is 6.54 Å². The van der Waals surface area contributed by atoms with Crippen molar-refractivity contribution in [2.75, 3.05) is 13.0 Å². The zero-order valence-corrected chi connectivity index (χ0v) is 12.5. The Morgan fingerprint density at radius 1 is 1.37 bits per heavy atom. The van der Waals surface area contributed by atoms with E-state index in [4.69, 9.17) is 21.1 Å². The van der Waals surface area contributed by atoms with Crippen LogP contribution in [0.3, 0.4) is 0 Å². The van der Waals surface area contributed by atoms with Crippen LogP contribution in [-0.4, -0.2) is 24.3 Å². The van der Waals surface area contributed by atoms with Gasteiger partial charge in [-0.3, -0.25) is 0 Å². The number of fused-ring (bicyclic) bond motifs is 1. The van der Waals surface area contributed by atoms with E-state index in [0.29, 0.717) is 16.8 Å². The van der Waals surface area contributed by atoms with E-state index in [1.54, 1.807) is 0 Å². The van der Waals surface area contributed by atoms with E-state index in [0.717, 1.165) is 23.1 Å². The molecule has 1 saturated carbocycles. The number of ether oxygens (including phenoxy) is 2. The van der Waals surface area contributed by atoms with Gasteiger partial charge in [-0.05, 0) is 43.2 Å². The molecule has 1 aromatic carbocycles. The van der Waals surface area contributed by atoms with Crippen LogP contribution in [0.5, 0.6) is 11.5 Å². The van der Waals surface area contributed by atoms with Gasteiger partial charge in [-0.15, -0.1) is 0 Å². The van der Waals surface area contributed by atoms with Crippen LogP contribution < -0.4 is 14.8 Å². The first-order valence-corrected chi connectivity index (χ1v) is 8.27. The summed E-state index contributed by atoms with van der Waals surface area (Å²) in [4.78, 5) is 0. The third kappa shape index (κ3) is 2.96. The molecule has 0 spiro atoms. The zero-order chi connectivity index (χ0) is 13.2. The average Bonchev–Trinajstić information content (AvgIpc) is 3.05. The van der Waals surface area contributed by atoms with Crippen LogP contribution in [0, 0.1) is 0 Å². The van der Waals surface area contributed by atoms with Crippen LogP contribution in [0.1, 0.15) is 24.8 Å². The molecular formula is C14H18ClNO2S. The minimum Gasteiger partial charge on any atom is -0.454 e. The highest BCUT2D eigenvalue weighted by atomic mass is 35.5. The molecule has 1 fully saturated rings. The van der Waals surface area contributed by atoms with Gasteiger partial charge in [0.25, 0.3) is 0 Å². The van der Waals surface area contributed by atoms with E-state index in [1.807, 2.05) is 23.9 Å². The Hall–Kier alpha value is -0.580. The maximum absolute atomic E-state index is 6.18. The number of hydrogen-bond acceptors (Lipinski definition) is 4. The molecule has 104 valence electrons. The monoisotopic (exact) mass is 299 g/mol. The van der Waals surface area contributed by atoms with Gasteiger partial charge in [0, 0.05) is 17.8 Å². The summed E-state index contributed by atoms with van der Waals surface area (Å²) < 4.78 is 10.7. The van der Waals surface area contributed by atoms with Crippen molar-refractivity contribution in [1.29, 1.82) is 0 Å². The van der Waals surface area contributed by atoms with Gasteiger partial charge in [0.2, 0.25) is 6.79 Å². The Balaban J connectivity index is 1.60. The lowest BCUT2D eigenvalue weighted by atomic mass is 10.1. The molecule has 19 heavy (non-hydrogen) atoms. The van der Waals surface area contributed by atoms with Crippen molar-refractivity contribution in [3.8, 4) is 11.5 Å². The fraction of sp³-hybridized carbons (Fsp3) is 0.571. The second kappa shape index (κ2) is 5.81. The maximum atomic E-state index is 6.18. The van der Waals surface area contributed by atoms with Gasteiger partial charge in [0.1, 0.15) is 0 Å². The van der Waals surface area contributed by atoms with Crippen LogP contribution in [0.2, 0.25) is 5.02 Å². The summed E-state index contributed by atoms with van der Waals surface area (Å²) in [5.41, 5.74) is 1.15. The summed E-state index contributed by atoms with van der Waals surface area (Å²) in [5, 5.41) is 5.07. The predicted molar refractivity (Wildman–Crippen MR) is 79.4 cm³/mol. The molecule has 1 aliphatic carbocycles. The number of thioether (sulfide) groups is 1. The first-order chi connectivity index (χ1) is 9.26. The lowest BCUT2D eigenvalue weighted by Crippen LogP contribution is -2.26. The summed E-state index contributed by atoms with van der Waals surface area (Å²) >= 11 is 8.16. The highest BCUT2D eigenvalue weighted by molar-refractivity contribution is 7.99. The Kier molecular flexibility index (Phi) is 4.10. The summed E-state index contributed by atoms with van der Waals surface area (Å²) in [6.07, 6.45) is 6.05. The minimum absolute atomic E-state index is 0.268. The van der Waals surface area contributed by atoms with Gasteiger partial charge >= 0.3 is 0 Å². The number of rotatable bonds is 4. The van der Waals surface area contributed by atoms with Gasteiger partial charge in [-0.25, -0.2) is 0 Å². The van der Waals surface area contributed by atoms with Crippen molar-refractivity contribution in [3.63, 3.8) is 0 Å². The molecule has 5 heteroatoms. The topological polar surface area (TPSA) is 30.5 Å². The highest BCUT2D eigenvalue weighted by Gasteiger charge is 2.24. The Morgan fingerprint density at radius 2 is 2.26 bits per heavy atom. The van der Waals surface area contributed by atoms with Gasteiger partial charge < -0.3 is 14.8 Å².